The van der Waals surface area contributed by atoms with Gasteiger partial charge in [0.05, 0.1) is 55.9 Å². The fourth-order valence-electron chi connectivity index (χ4n) is 6.46. The van der Waals surface area contributed by atoms with Gasteiger partial charge in [-0.05, 0) is 79.7 Å². The average molecular weight is 1040 g/mol. The smallest absolute Gasteiger partial charge is 0.394 e. The molecule has 0 saturated carbocycles. The van der Waals surface area contributed by atoms with E-state index in [0.717, 1.165) is 0 Å². The van der Waals surface area contributed by atoms with Crippen LogP contribution in [0.1, 0.15) is 102 Å². The van der Waals surface area contributed by atoms with Crippen molar-refractivity contribution in [1.29, 1.82) is 0 Å². The molecule has 0 fully saturated rings. The molecule has 0 aliphatic heterocycles. The van der Waals surface area contributed by atoms with Crippen LogP contribution in [0.25, 0.3) is 0 Å². The number of nitrogens with zero attached hydrogens (tertiary/aromatic N) is 3. The molecule has 0 unspecified atom stereocenters. The van der Waals surface area contributed by atoms with Crippen LogP contribution in [0.3, 0.4) is 0 Å². The highest BCUT2D eigenvalue weighted by Gasteiger charge is 2.34. The summed E-state index contributed by atoms with van der Waals surface area (Å²) in [7, 11) is -4.86. The molecular weight excluding hydrogens is 958 g/mol. The van der Waals surface area contributed by atoms with Crippen molar-refractivity contribution >= 4 is 62.3 Å². The Bertz CT molecular complexity index is 1830. The van der Waals surface area contributed by atoms with Gasteiger partial charge in [-0.2, -0.15) is 12.6 Å². The maximum atomic E-state index is 14.1. The number of ether oxygens (including phenoxy) is 2. The zero-order valence-electron chi connectivity index (χ0n) is 42.2. The molecule has 1 rings (SSSR count). The lowest BCUT2D eigenvalue weighted by Gasteiger charge is -2.32. The van der Waals surface area contributed by atoms with E-state index in [1.807, 2.05) is 48.5 Å². The molecule has 25 nitrogen and oxygen atoms in total. The van der Waals surface area contributed by atoms with Crippen molar-refractivity contribution in [2.24, 2.45) is 23.1 Å². The monoisotopic (exact) mass is 1040 g/mol. The highest BCUT2D eigenvalue weighted by Crippen LogP contribution is 2.37. The number of primary amides is 1. The van der Waals surface area contributed by atoms with Gasteiger partial charge in [-0.1, -0.05) is 20.8 Å². The quantitative estimate of drug-likeness (QED) is 0.0215. The summed E-state index contributed by atoms with van der Waals surface area (Å²) in [5, 5.41) is 23.1. The van der Waals surface area contributed by atoms with E-state index < -0.39 is 85.6 Å². The lowest BCUT2D eigenvalue weighted by Crippen LogP contribution is -2.59. The van der Waals surface area contributed by atoms with E-state index in [0.29, 0.717) is 44.7 Å². The van der Waals surface area contributed by atoms with Crippen LogP contribution in [-0.2, 0) is 65.1 Å². The van der Waals surface area contributed by atoms with Gasteiger partial charge in [0, 0.05) is 51.7 Å². The fraction of sp³-hybridized carbons (Fsp3) is 0.767. The zero-order valence-corrected chi connectivity index (χ0v) is 44.0. The van der Waals surface area contributed by atoms with Crippen molar-refractivity contribution in [1.82, 2.24) is 41.0 Å². The minimum Gasteiger partial charge on any atom is -0.394 e. The Balaban J connectivity index is 0. The molecule has 7 amide bonds. The molecule has 0 aliphatic carbocycles. The number of aliphatic hydroxyl groups is 1. The van der Waals surface area contributed by atoms with Gasteiger partial charge in [0.2, 0.25) is 41.9 Å². The van der Waals surface area contributed by atoms with Gasteiger partial charge in [-0.15, -0.1) is 0 Å². The van der Waals surface area contributed by atoms with Crippen molar-refractivity contribution in [3.63, 3.8) is 0 Å². The maximum absolute atomic E-state index is 14.1. The van der Waals surface area contributed by atoms with Gasteiger partial charge in [0.1, 0.15) is 24.2 Å². The largest absolute Gasteiger partial charge is 0.469 e. The van der Waals surface area contributed by atoms with Crippen molar-refractivity contribution < 1.29 is 68.4 Å². The van der Waals surface area contributed by atoms with E-state index in [1.54, 1.807) is 17.8 Å². The second-order valence-corrected chi connectivity index (χ2v) is 19.8. The first kappa shape index (κ1) is 65.8. The van der Waals surface area contributed by atoms with Crippen LogP contribution in [0.5, 0.6) is 0 Å². The van der Waals surface area contributed by atoms with Crippen LogP contribution in [0.15, 0.2) is 12.5 Å². The van der Waals surface area contributed by atoms with E-state index in [1.165, 1.54) is 18.0 Å². The molecule has 1 heterocycles. The van der Waals surface area contributed by atoms with E-state index in [9.17, 15) is 38.4 Å². The molecule has 0 saturated heterocycles. The Morgan fingerprint density at radius 2 is 1.51 bits per heavy atom. The highest BCUT2D eigenvalue weighted by atomic mass is 32.1. The van der Waals surface area contributed by atoms with Crippen molar-refractivity contribution in [3.8, 4) is 0 Å². The van der Waals surface area contributed by atoms with Gasteiger partial charge in [0.15, 0.2) is 0 Å². The summed E-state index contributed by atoms with van der Waals surface area (Å²) in [5.74, 6) is -3.66. The Labute approximate surface area is 418 Å². The summed E-state index contributed by atoms with van der Waals surface area (Å²) < 4.78 is 29.6. The molecule has 0 aliphatic rings. The third kappa shape index (κ3) is 27.4. The first-order chi connectivity index (χ1) is 32.6. The molecule has 0 bridgehead atoms. The predicted molar refractivity (Wildman–Crippen MR) is 266 cm³/mol. The van der Waals surface area contributed by atoms with E-state index in [2.05, 4.69) is 54.5 Å². The van der Waals surface area contributed by atoms with Gasteiger partial charge in [0.25, 0.3) is 0 Å². The number of phosphoric ester groups is 1. The number of carbonyl (C=O) groups is 7. The summed E-state index contributed by atoms with van der Waals surface area (Å²) in [6.07, 6.45) is 3.76. The van der Waals surface area contributed by atoms with Gasteiger partial charge >= 0.3 is 7.82 Å². The van der Waals surface area contributed by atoms with Crippen LogP contribution in [-0.4, -0.2) is 170 Å². The molecule has 0 aromatic carbocycles. The van der Waals surface area contributed by atoms with E-state index in [4.69, 9.17) is 35.5 Å². The van der Waals surface area contributed by atoms with Crippen LogP contribution in [0.2, 0.25) is 0 Å². The van der Waals surface area contributed by atoms with E-state index >= 15 is 0 Å². The summed E-state index contributed by atoms with van der Waals surface area (Å²) >= 11 is 4.05. The van der Waals surface area contributed by atoms with Crippen LogP contribution >= 0.6 is 20.5 Å². The number of hydrogen-bond donors (Lipinski definition) is 12. The fourth-order valence-corrected chi connectivity index (χ4v) is 7.17. The summed E-state index contributed by atoms with van der Waals surface area (Å²) in [6, 6.07) is -5.80. The topological polar surface area (TPSA) is 384 Å². The number of phosphoric acid groups is 1. The molecule has 406 valence electrons. The Morgan fingerprint density at radius 3 is 2.07 bits per heavy atom. The number of imidazole rings is 1. The van der Waals surface area contributed by atoms with Crippen molar-refractivity contribution in [3.05, 3.63) is 18.2 Å². The summed E-state index contributed by atoms with van der Waals surface area (Å²) in [6.45, 7) is 16.3. The third-order valence-corrected chi connectivity index (χ3v) is 11.4. The molecule has 0 radical (unpaired) electrons. The number of nitrogens with two attached hydrogens (primary N) is 3. The maximum Gasteiger partial charge on any atom is 0.469 e. The minimum atomic E-state index is -4.86. The number of nitrogens with one attached hydrogen (secondary N) is 5. The number of aliphatic hydroxyl groups excluding tert-OH is 1. The molecule has 14 N–H and O–H groups in total. The first-order valence-electron chi connectivity index (χ1n) is 23.2. The number of aromatic nitrogens is 2. The zero-order chi connectivity index (χ0) is 53.8. The number of thiol groups is 1. The van der Waals surface area contributed by atoms with Crippen LogP contribution in [0.4, 0.5) is 0 Å². The Morgan fingerprint density at radius 1 is 0.929 bits per heavy atom. The number of amides is 7. The summed E-state index contributed by atoms with van der Waals surface area (Å²) in [4.78, 5) is 113. The number of hydrogen-bond acceptors (Lipinski definition) is 16. The lowest BCUT2D eigenvalue weighted by molar-refractivity contribution is -0.143. The molecule has 70 heavy (non-hydrogen) atoms. The van der Waals surface area contributed by atoms with Crippen LogP contribution < -0.4 is 43.8 Å². The molecule has 0 spiro atoms. The van der Waals surface area contributed by atoms with Crippen molar-refractivity contribution in [2.45, 2.75) is 155 Å². The van der Waals surface area contributed by atoms with Gasteiger partial charge in [-0.3, -0.25) is 38.1 Å². The number of carbonyl (C=O) groups excluding carboxylic acids is 7. The Hall–Kier alpha value is -4.24. The van der Waals surface area contributed by atoms with E-state index in [-0.39, 0.29) is 76.8 Å². The van der Waals surface area contributed by atoms with Gasteiger partial charge in [-0.25, -0.2) is 9.55 Å². The molecule has 6 atom stereocenters. The SMILES string of the molecule is CCCN(C(=O)CCOC(C)(C)CCOC(C)(C)CNC(=O)[C@@H](N)CS)[C@@H](C)C(=O)N[C@@H](CC(C)C)C(=O)N[C@@H](Cc1cncn1CCCN)C(=O)N[C@@H](CO)C(=O)NC[C@@H](C)OP(=O)(O)O.NC=O.[HH]. The van der Waals surface area contributed by atoms with Crippen molar-refractivity contribution in [2.75, 3.05) is 51.8 Å². The van der Waals surface area contributed by atoms with Gasteiger partial charge < -0.3 is 77.6 Å². The average Bonchev–Trinajstić information content (AvgIpc) is 3.72. The standard InChI is InChI=1S/C42H79N10O13PS.CH3NO.H2/c1-10-15-52(35(54)12-17-63-41(6,7)13-18-64-42(8,9)25-47-37(56)31(44)24-67)29(5)36(55)48-32(19-27(2)3)39(58)49-33(20-30-22-45-26-51(30)16-11-14-43)40(59)50-34(23-53)38(57)46-21-28(4)65-66(60,61)62;2-1-3;/h22,26-29,31-34,53,67H,10-21,23-25,43-44H2,1-9H3,(H,46,57)(H,47,56)(H,48,55)(H,49,58)(H,50,59)(H2,60,61,62);1H,(H2,2,3);1H/t28-,29+,31+,32+,33+,34+;;/m1../s1. The molecule has 27 heteroatoms. The predicted octanol–water partition coefficient (Wildman–Crippen LogP) is -1.40. The third-order valence-electron chi connectivity index (χ3n) is 10.3. The molecule has 1 aromatic heterocycles. The minimum absolute atomic E-state index is 0. The first-order valence-corrected chi connectivity index (χ1v) is 25.4. The summed E-state index contributed by atoms with van der Waals surface area (Å²) in [5.41, 5.74) is 14.8. The van der Waals surface area contributed by atoms with Crippen LogP contribution in [0, 0.1) is 5.92 Å². The number of aryl methyl sites for hydroxylation is 1. The molecular formula is C43H84N11O14PS. The second kappa shape index (κ2) is 33.4. The normalized spacial score (nSPS) is 14.4. The lowest BCUT2D eigenvalue weighted by atomic mass is 10.0. The Kier molecular flexibility index (Phi) is 31.4. The highest BCUT2D eigenvalue weighted by molar-refractivity contribution is 7.80. The molecule has 1 aromatic rings. The number of rotatable bonds is 34. The second-order valence-electron chi connectivity index (χ2n) is 18.2.